The molecule has 0 aliphatic heterocycles. The lowest BCUT2D eigenvalue weighted by molar-refractivity contribution is -0.166. The van der Waals surface area contributed by atoms with Crippen LogP contribution in [0.25, 0.3) is 0 Å². The molecule has 0 amide bonds. The summed E-state index contributed by atoms with van der Waals surface area (Å²) in [7, 11) is 0. The molecule has 4 heteroatoms. The van der Waals surface area contributed by atoms with Crippen molar-refractivity contribution in [2.75, 3.05) is 0 Å². The molecular formula is C17H32O4. The third-order valence-electron chi connectivity index (χ3n) is 4.05. The lowest BCUT2D eigenvalue weighted by Crippen LogP contribution is -2.39. The highest BCUT2D eigenvalue weighted by Crippen LogP contribution is 2.35. The van der Waals surface area contributed by atoms with Gasteiger partial charge in [0.25, 0.3) is 0 Å². The van der Waals surface area contributed by atoms with Gasteiger partial charge in [-0.1, -0.05) is 53.9 Å². The first kappa shape index (κ1) is 19.9. The van der Waals surface area contributed by atoms with E-state index in [1.807, 2.05) is 6.92 Å². The van der Waals surface area contributed by atoms with Gasteiger partial charge in [-0.2, -0.15) is 0 Å². The lowest BCUT2D eigenvalue weighted by atomic mass is 9.75. The van der Waals surface area contributed by atoms with Crippen molar-refractivity contribution in [3.05, 3.63) is 0 Å². The topological polar surface area (TPSA) is 74.6 Å². The lowest BCUT2D eigenvalue weighted by Gasteiger charge is -2.28. The van der Waals surface area contributed by atoms with Gasteiger partial charge in [0.15, 0.2) is 5.41 Å². The number of carboxylic acid groups (broad SMARTS) is 2. The summed E-state index contributed by atoms with van der Waals surface area (Å²) in [5.41, 5.74) is -1.43. The second-order valence-electron chi connectivity index (χ2n) is 7.56. The monoisotopic (exact) mass is 300 g/mol. The van der Waals surface area contributed by atoms with E-state index in [0.717, 1.165) is 19.3 Å². The molecule has 1 atom stereocenters. The average Bonchev–Trinajstić information content (AvgIpc) is 2.30. The number of carboxylic acids is 2. The molecular weight excluding hydrogens is 268 g/mol. The molecule has 1 unspecified atom stereocenters. The Morgan fingerprint density at radius 2 is 1.52 bits per heavy atom. The van der Waals surface area contributed by atoms with E-state index in [4.69, 9.17) is 0 Å². The van der Waals surface area contributed by atoms with Crippen molar-refractivity contribution < 1.29 is 19.8 Å². The molecule has 0 aliphatic carbocycles. The summed E-state index contributed by atoms with van der Waals surface area (Å²) >= 11 is 0. The standard InChI is InChI=1S/C17H32O4/c1-6-7-8-10-17(14(18)19,15(20)21)11-9-13(2)12-16(3,4)5/h13H,6-12H2,1-5H3,(H,18,19)(H,20,21). The Bertz CT molecular complexity index is 327. The maximum absolute atomic E-state index is 11.6. The zero-order chi connectivity index (χ0) is 16.7. The predicted molar refractivity (Wildman–Crippen MR) is 84.3 cm³/mol. The molecule has 0 aliphatic rings. The van der Waals surface area contributed by atoms with Crippen molar-refractivity contribution in [3.63, 3.8) is 0 Å². The number of aliphatic carboxylic acids is 2. The summed E-state index contributed by atoms with van der Waals surface area (Å²) in [6, 6.07) is 0. The zero-order valence-corrected chi connectivity index (χ0v) is 14.2. The van der Waals surface area contributed by atoms with Crippen LogP contribution in [0.4, 0.5) is 0 Å². The summed E-state index contributed by atoms with van der Waals surface area (Å²) in [6.07, 6.45) is 4.55. The van der Waals surface area contributed by atoms with Crippen molar-refractivity contribution in [1.82, 2.24) is 0 Å². The van der Waals surface area contributed by atoms with E-state index in [2.05, 4.69) is 27.7 Å². The van der Waals surface area contributed by atoms with Gasteiger partial charge in [0.1, 0.15) is 0 Å². The maximum Gasteiger partial charge on any atom is 0.321 e. The predicted octanol–water partition coefficient (Wildman–Crippen LogP) is 4.57. The summed E-state index contributed by atoms with van der Waals surface area (Å²) in [6.45, 7) is 10.5. The van der Waals surface area contributed by atoms with Crippen LogP contribution in [0.2, 0.25) is 0 Å². The molecule has 21 heavy (non-hydrogen) atoms. The number of carbonyl (C=O) groups is 2. The van der Waals surface area contributed by atoms with Gasteiger partial charge in [-0.3, -0.25) is 9.59 Å². The van der Waals surface area contributed by atoms with Crippen LogP contribution in [0.1, 0.15) is 79.6 Å². The Kier molecular flexibility index (Phi) is 7.98. The zero-order valence-electron chi connectivity index (χ0n) is 14.2. The van der Waals surface area contributed by atoms with Crippen LogP contribution in [0.15, 0.2) is 0 Å². The highest BCUT2D eigenvalue weighted by molar-refractivity contribution is 5.98. The Morgan fingerprint density at radius 1 is 1.00 bits per heavy atom. The molecule has 124 valence electrons. The van der Waals surface area contributed by atoms with Gasteiger partial charge in [0, 0.05) is 0 Å². The Balaban J connectivity index is 4.82. The number of hydrogen-bond acceptors (Lipinski definition) is 2. The van der Waals surface area contributed by atoms with E-state index in [1.165, 1.54) is 0 Å². The smallest absolute Gasteiger partial charge is 0.321 e. The fraction of sp³-hybridized carbons (Fsp3) is 0.882. The van der Waals surface area contributed by atoms with Crippen molar-refractivity contribution in [2.24, 2.45) is 16.7 Å². The molecule has 4 nitrogen and oxygen atoms in total. The first-order valence-electron chi connectivity index (χ1n) is 8.02. The molecule has 0 rings (SSSR count). The minimum absolute atomic E-state index is 0.177. The van der Waals surface area contributed by atoms with Crippen molar-refractivity contribution in [1.29, 1.82) is 0 Å². The molecule has 0 fully saturated rings. The van der Waals surface area contributed by atoms with Gasteiger partial charge in [-0.15, -0.1) is 0 Å². The summed E-state index contributed by atoms with van der Waals surface area (Å²) in [5.74, 6) is -2.04. The highest BCUT2D eigenvalue weighted by atomic mass is 16.4. The van der Waals surface area contributed by atoms with E-state index >= 15 is 0 Å². The minimum Gasteiger partial charge on any atom is -0.480 e. The SMILES string of the molecule is CCCCCC(CCC(C)CC(C)(C)C)(C(=O)O)C(=O)O. The van der Waals surface area contributed by atoms with Crippen LogP contribution < -0.4 is 0 Å². The fourth-order valence-electron chi connectivity index (χ4n) is 2.96. The molecule has 0 saturated heterocycles. The third-order valence-corrected chi connectivity index (χ3v) is 4.05. The van der Waals surface area contributed by atoms with E-state index < -0.39 is 17.4 Å². The minimum atomic E-state index is -1.61. The third kappa shape index (κ3) is 6.96. The Hall–Kier alpha value is -1.06. The Labute approximate surface area is 128 Å². The van der Waals surface area contributed by atoms with E-state index in [1.54, 1.807) is 0 Å². The van der Waals surface area contributed by atoms with Crippen molar-refractivity contribution in [2.45, 2.75) is 79.6 Å². The van der Waals surface area contributed by atoms with Gasteiger partial charge in [0.05, 0.1) is 0 Å². The largest absolute Gasteiger partial charge is 0.480 e. The fourth-order valence-corrected chi connectivity index (χ4v) is 2.96. The number of hydrogen-bond donors (Lipinski definition) is 2. The highest BCUT2D eigenvalue weighted by Gasteiger charge is 2.45. The van der Waals surface area contributed by atoms with Crippen molar-refractivity contribution >= 4 is 11.9 Å². The van der Waals surface area contributed by atoms with E-state index in [-0.39, 0.29) is 18.3 Å². The van der Waals surface area contributed by atoms with Crippen molar-refractivity contribution in [3.8, 4) is 0 Å². The van der Waals surface area contributed by atoms with Crippen LogP contribution in [-0.4, -0.2) is 22.2 Å². The van der Waals surface area contributed by atoms with Gasteiger partial charge in [-0.25, -0.2) is 0 Å². The van der Waals surface area contributed by atoms with Crippen LogP contribution in [0.5, 0.6) is 0 Å². The van der Waals surface area contributed by atoms with Gasteiger partial charge < -0.3 is 10.2 Å². The van der Waals surface area contributed by atoms with Gasteiger partial charge in [0.2, 0.25) is 0 Å². The Morgan fingerprint density at radius 3 is 1.90 bits per heavy atom. The summed E-state index contributed by atoms with van der Waals surface area (Å²) in [4.78, 5) is 23.1. The summed E-state index contributed by atoms with van der Waals surface area (Å²) in [5, 5.41) is 18.9. The van der Waals surface area contributed by atoms with Crippen LogP contribution >= 0.6 is 0 Å². The first-order chi connectivity index (χ1) is 9.55. The molecule has 0 radical (unpaired) electrons. The number of rotatable bonds is 10. The molecule has 0 heterocycles. The van der Waals surface area contributed by atoms with Crippen LogP contribution in [-0.2, 0) is 9.59 Å². The average molecular weight is 300 g/mol. The molecule has 0 aromatic rings. The van der Waals surface area contributed by atoms with Gasteiger partial charge >= 0.3 is 11.9 Å². The molecule has 0 aromatic carbocycles. The van der Waals surface area contributed by atoms with Gasteiger partial charge in [-0.05, 0) is 37.0 Å². The normalized spacial score (nSPS) is 14.0. The molecule has 0 bridgehead atoms. The summed E-state index contributed by atoms with van der Waals surface area (Å²) < 4.78 is 0. The first-order valence-corrected chi connectivity index (χ1v) is 8.02. The van der Waals surface area contributed by atoms with E-state index in [9.17, 15) is 19.8 Å². The molecule has 0 aromatic heterocycles. The number of unbranched alkanes of at least 4 members (excludes halogenated alkanes) is 2. The maximum atomic E-state index is 11.6. The molecule has 0 spiro atoms. The van der Waals surface area contributed by atoms with E-state index in [0.29, 0.717) is 18.8 Å². The molecule has 2 N–H and O–H groups in total. The van der Waals surface area contributed by atoms with Crippen LogP contribution in [0.3, 0.4) is 0 Å². The van der Waals surface area contributed by atoms with Crippen LogP contribution in [0, 0.1) is 16.7 Å². The second-order valence-corrected chi connectivity index (χ2v) is 7.56. The second kappa shape index (κ2) is 8.40. The molecule has 0 saturated carbocycles. The quantitative estimate of drug-likeness (QED) is 0.457.